The van der Waals surface area contributed by atoms with E-state index in [1.165, 1.54) is 16.7 Å². The zero-order valence-electron chi connectivity index (χ0n) is 17.5. The van der Waals surface area contributed by atoms with Crippen LogP contribution in [0, 0.1) is 0 Å². The third kappa shape index (κ3) is 6.07. The molecule has 3 aromatic rings. The molecule has 178 valence electrons. The van der Waals surface area contributed by atoms with Gasteiger partial charge in [-0.15, -0.1) is 21.5 Å². The molecule has 33 heavy (non-hydrogen) atoms. The molecular formula is C19H22F2N6O4S2. The largest absolute Gasteiger partial charge is 0.414 e. The SMILES string of the molecule is O=S(=O)(CCCN1CCOCC1)N(Cc1ncc(-c2nnc(C(F)F)o2)s1)c1cccnc1. The summed E-state index contributed by atoms with van der Waals surface area (Å²) in [7, 11) is -3.69. The molecule has 1 aliphatic heterocycles. The van der Waals surface area contributed by atoms with Crippen LogP contribution in [0.15, 0.2) is 35.1 Å². The van der Waals surface area contributed by atoms with Crippen molar-refractivity contribution in [2.75, 3.05) is 42.9 Å². The van der Waals surface area contributed by atoms with Gasteiger partial charge < -0.3 is 9.15 Å². The van der Waals surface area contributed by atoms with Crippen LogP contribution in [-0.2, 0) is 21.3 Å². The van der Waals surface area contributed by atoms with E-state index >= 15 is 0 Å². The number of nitrogens with zero attached hydrogens (tertiary/aromatic N) is 6. The summed E-state index contributed by atoms with van der Waals surface area (Å²) in [5.74, 6) is -0.908. The highest BCUT2D eigenvalue weighted by atomic mass is 32.2. The molecule has 1 fully saturated rings. The zero-order chi connectivity index (χ0) is 23.3. The number of anilines is 1. The molecule has 1 saturated heterocycles. The predicted octanol–water partition coefficient (Wildman–Crippen LogP) is 2.58. The van der Waals surface area contributed by atoms with Crippen molar-refractivity contribution in [2.45, 2.75) is 19.4 Å². The third-order valence-electron chi connectivity index (χ3n) is 4.92. The van der Waals surface area contributed by atoms with Crippen LogP contribution in [0.1, 0.15) is 23.7 Å². The number of hydrogen-bond donors (Lipinski definition) is 0. The molecule has 3 aromatic heterocycles. The van der Waals surface area contributed by atoms with Gasteiger partial charge in [-0.1, -0.05) is 0 Å². The van der Waals surface area contributed by atoms with E-state index in [0.29, 0.717) is 41.8 Å². The van der Waals surface area contributed by atoms with Gasteiger partial charge in [-0.3, -0.25) is 14.2 Å². The quantitative estimate of drug-likeness (QED) is 0.414. The molecule has 0 amide bonds. The second-order valence-corrected chi connectivity index (χ2v) is 10.3. The van der Waals surface area contributed by atoms with Crippen LogP contribution in [0.3, 0.4) is 0 Å². The highest BCUT2D eigenvalue weighted by Crippen LogP contribution is 2.29. The molecule has 4 heterocycles. The van der Waals surface area contributed by atoms with Gasteiger partial charge in [-0.05, 0) is 25.1 Å². The van der Waals surface area contributed by atoms with E-state index < -0.39 is 22.3 Å². The highest BCUT2D eigenvalue weighted by molar-refractivity contribution is 7.92. The van der Waals surface area contributed by atoms with Crippen molar-refractivity contribution >= 4 is 27.0 Å². The van der Waals surface area contributed by atoms with E-state index in [1.807, 2.05) is 0 Å². The molecule has 10 nitrogen and oxygen atoms in total. The minimum Gasteiger partial charge on any atom is -0.414 e. The number of ether oxygens (including phenoxy) is 1. The van der Waals surface area contributed by atoms with Crippen LogP contribution in [-0.4, -0.2) is 72.1 Å². The maximum atomic E-state index is 13.2. The number of thiazole rings is 1. The Morgan fingerprint density at radius 1 is 1.21 bits per heavy atom. The first-order valence-electron chi connectivity index (χ1n) is 10.2. The van der Waals surface area contributed by atoms with Crippen molar-refractivity contribution in [3.05, 3.63) is 41.6 Å². The fraction of sp³-hybridized carbons (Fsp3) is 0.474. The van der Waals surface area contributed by atoms with Gasteiger partial charge in [0.2, 0.25) is 10.0 Å². The lowest BCUT2D eigenvalue weighted by Crippen LogP contribution is -2.38. The molecule has 0 radical (unpaired) electrons. The molecule has 0 atom stereocenters. The normalized spacial score (nSPS) is 15.2. The average Bonchev–Trinajstić information content (AvgIpc) is 3.48. The van der Waals surface area contributed by atoms with Gasteiger partial charge >= 0.3 is 6.43 Å². The summed E-state index contributed by atoms with van der Waals surface area (Å²) in [6.45, 7) is 3.51. The van der Waals surface area contributed by atoms with Crippen LogP contribution in [0.25, 0.3) is 10.8 Å². The molecule has 0 aromatic carbocycles. The van der Waals surface area contributed by atoms with Crippen LogP contribution < -0.4 is 4.31 Å². The topological polar surface area (TPSA) is 115 Å². The van der Waals surface area contributed by atoms with Crippen LogP contribution in [0.5, 0.6) is 0 Å². The Labute approximate surface area is 193 Å². The van der Waals surface area contributed by atoms with E-state index in [9.17, 15) is 17.2 Å². The Bertz CT molecular complexity index is 1140. The van der Waals surface area contributed by atoms with Crippen molar-refractivity contribution in [1.82, 2.24) is 25.1 Å². The summed E-state index contributed by atoms with van der Waals surface area (Å²) in [6, 6.07) is 3.32. The van der Waals surface area contributed by atoms with E-state index in [2.05, 4.69) is 25.1 Å². The number of alkyl halides is 2. The lowest BCUT2D eigenvalue weighted by Gasteiger charge is -2.27. The molecular weight excluding hydrogens is 478 g/mol. The molecule has 0 aliphatic carbocycles. The van der Waals surface area contributed by atoms with Gasteiger partial charge in [0, 0.05) is 19.3 Å². The van der Waals surface area contributed by atoms with Gasteiger partial charge in [-0.25, -0.2) is 13.4 Å². The molecule has 0 spiro atoms. The second-order valence-electron chi connectivity index (χ2n) is 7.21. The number of rotatable bonds is 10. The average molecular weight is 501 g/mol. The Hall–Kier alpha value is -2.55. The standard InChI is InChI=1S/C19H22F2N6O4S2/c20-17(21)19-25-24-18(31-19)15-12-23-16(32-15)13-27(14-3-1-4-22-11-14)33(28,29)10-2-5-26-6-8-30-9-7-26/h1,3-4,11-12,17H,2,5-10,13H2. The first-order valence-corrected chi connectivity index (χ1v) is 12.6. The molecule has 1 aliphatic rings. The van der Waals surface area contributed by atoms with E-state index in [4.69, 9.17) is 9.15 Å². The smallest absolute Gasteiger partial charge is 0.314 e. The summed E-state index contributed by atoms with van der Waals surface area (Å²) in [5, 5.41) is 7.36. The Morgan fingerprint density at radius 3 is 2.73 bits per heavy atom. The molecule has 14 heteroatoms. The predicted molar refractivity (Wildman–Crippen MR) is 116 cm³/mol. The minimum atomic E-state index is -3.69. The lowest BCUT2D eigenvalue weighted by atomic mass is 10.4. The van der Waals surface area contributed by atoms with E-state index in [1.54, 1.807) is 18.3 Å². The number of hydrogen-bond acceptors (Lipinski definition) is 10. The maximum absolute atomic E-state index is 13.2. The monoisotopic (exact) mass is 500 g/mol. The summed E-state index contributed by atoms with van der Waals surface area (Å²) in [4.78, 5) is 10.8. The molecule has 0 saturated carbocycles. The lowest BCUT2D eigenvalue weighted by molar-refractivity contribution is 0.0381. The van der Waals surface area contributed by atoms with Gasteiger partial charge in [0.1, 0.15) is 9.88 Å². The van der Waals surface area contributed by atoms with Crippen molar-refractivity contribution < 1.29 is 26.4 Å². The van der Waals surface area contributed by atoms with Crippen LogP contribution in [0.4, 0.5) is 14.5 Å². The number of sulfonamides is 1. The fourth-order valence-corrected chi connectivity index (χ4v) is 5.66. The van der Waals surface area contributed by atoms with Crippen molar-refractivity contribution in [2.24, 2.45) is 0 Å². The molecule has 0 bridgehead atoms. The van der Waals surface area contributed by atoms with Gasteiger partial charge in [0.05, 0.1) is 43.6 Å². The van der Waals surface area contributed by atoms with Crippen LogP contribution >= 0.6 is 11.3 Å². The first kappa shape index (κ1) is 23.6. The third-order valence-corrected chi connectivity index (χ3v) is 7.71. The zero-order valence-corrected chi connectivity index (χ0v) is 19.1. The van der Waals surface area contributed by atoms with Gasteiger partial charge in [0.25, 0.3) is 11.8 Å². The maximum Gasteiger partial charge on any atom is 0.314 e. The van der Waals surface area contributed by atoms with Crippen LogP contribution in [0.2, 0.25) is 0 Å². The Kier molecular flexibility index (Phi) is 7.57. The van der Waals surface area contributed by atoms with Gasteiger partial charge in [0.15, 0.2) is 0 Å². The van der Waals surface area contributed by atoms with Crippen molar-refractivity contribution in [3.8, 4) is 10.8 Å². The van der Waals surface area contributed by atoms with E-state index in [0.717, 1.165) is 24.4 Å². The number of aromatic nitrogens is 4. The Balaban J connectivity index is 1.48. The van der Waals surface area contributed by atoms with Gasteiger partial charge in [-0.2, -0.15) is 8.78 Å². The van der Waals surface area contributed by atoms with Crippen molar-refractivity contribution in [3.63, 3.8) is 0 Å². The fourth-order valence-electron chi connectivity index (χ4n) is 3.28. The molecule has 0 unspecified atom stereocenters. The Morgan fingerprint density at radius 2 is 2.03 bits per heavy atom. The first-order chi connectivity index (χ1) is 15.9. The van der Waals surface area contributed by atoms with E-state index in [-0.39, 0.29) is 18.2 Å². The summed E-state index contributed by atoms with van der Waals surface area (Å²) >= 11 is 1.10. The number of halogens is 2. The summed E-state index contributed by atoms with van der Waals surface area (Å²) in [6.07, 6.45) is 2.03. The van der Waals surface area contributed by atoms with Crippen molar-refractivity contribution in [1.29, 1.82) is 0 Å². The molecule has 0 N–H and O–H groups in total. The highest BCUT2D eigenvalue weighted by Gasteiger charge is 2.25. The second kappa shape index (κ2) is 10.6. The summed E-state index contributed by atoms with van der Waals surface area (Å²) < 4.78 is 63.5. The molecule has 4 rings (SSSR count). The number of morpholine rings is 1. The minimum absolute atomic E-state index is 0.0356. The summed E-state index contributed by atoms with van der Waals surface area (Å²) in [5.41, 5.74) is 0.415. The number of pyridine rings is 1.